The van der Waals surface area contributed by atoms with E-state index in [9.17, 15) is 8.78 Å². The van der Waals surface area contributed by atoms with Crippen molar-refractivity contribution < 1.29 is 8.78 Å². The van der Waals surface area contributed by atoms with Gasteiger partial charge in [0.1, 0.15) is 0 Å². The fourth-order valence-corrected chi connectivity index (χ4v) is 2.02. The monoisotopic (exact) mass is 266 g/mol. The molecule has 0 aromatic carbocycles. The first-order valence-corrected chi connectivity index (χ1v) is 5.36. The van der Waals surface area contributed by atoms with Crippen molar-refractivity contribution >= 4 is 12.4 Å². The molecule has 1 aliphatic heterocycles. The van der Waals surface area contributed by atoms with E-state index in [1.54, 1.807) is 6.07 Å². The Morgan fingerprint density at radius 3 is 2.71 bits per heavy atom. The summed E-state index contributed by atoms with van der Waals surface area (Å²) in [5.41, 5.74) is 6.56. The second-order valence-corrected chi connectivity index (χ2v) is 4.40. The number of likely N-dealkylation sites (tertiary alicyclic amines) is 1. The Kier molecular flexibility index (Phi) is 4.85. The second kappa shape index (κ2) is 5.75. The van der Waals surface area contributed by atoms with Gasteiger partial charge in [0.25, 0.3) is 0 Å². The van der Waals surface area contributed by atoms with Gasteiger partial charge in [0.15, 0.2) is 0 Å². The smallest absolute Gasteiger partial charge is 0.326 e. The summed E-state index contributed by atoms with van der Waals surface area (Å²) < 4.78 is 25.2. The molecule has 1 aromatic heterocycles. The molecule has 2 rings (SSSR count). The lowest BCUT2D eigenvalue weighted by molar-refractivity contribution is 0.0558. The number of hydrogen-bond acceptors (Lipinski definition) is 3. The molecular weight excluding hydrogens is 250 g/mol. The van der Waals surface area contributed by atoms with Crippen LogP contribution in [0.15, 0.2) is 12.3 Å². The normalized spacial score (nSPS) is 25.2. The van der Waals surface area contributed by atoms with Crippen LogP contribution < -0.4 is 5.73 Å². The van der Waals surface area contributed by atoms with Crippen LogP contribution in [-0.2, 0) is 6.54 Å². The maximum atomic E-state index is 12.3. The molecule has 1 aliphatic rings. The molecular formula is C10H17ClF2N4. The Morgan fingerprint density at radius 1 is 1.53 bits per heavy atom. The summed E-state index contributed by atoms with van der Waals surface area (Å²) in [7, 11) is 0. The summed E-state index contributed by atoms with van der Waals surface area (Å²) >= 11 is 0. The van der Waals surface area contributed by atoms with Crippen LogP contribution in [0, 0.1) is 5.92 Å². The van der Waals surface area contributed by atoms with Gasteiger partial charge in [0, 0.05) is 31.9 Å². The zero-order valence-electron chi connectivity index (χ0n) is 9.59. The molecule has 1 saturated heterocycles. The molecule has 4 nitrogen and oxygen atoms in total. The van der Waals surface area contributed by atoms with Crippen molar-refractivity contribution in [1.82, 2.24) is 14.7 Å². The van der Waals surface area contributed by atoms with Crippen LogP contribution in [0.2, 0.25) is 0 Å². The number of nitrogens with two attached hydrogens (primary N) is 1. The van der Waals surface area contributed by atoms with E-state index in [1.165, 1.54) is 6.20 Å². The molecule has 2 N–H and O–H groups in total. The van der Waals surface area contributed by atoms with Crippen LogP contribution in [0.4, 0.5) is 8.78 Å². The van der Waals surface area contributed by atoms with Crippen molar-refractivity contribution in [2.24, 2.45) is 11.7 Å². The van der Waals surface area contributed by atoms with Crippen molar-refractivity contribution in [2.45, 2.75) is 26.1 Å². The molecule has 0 amide bonds. The van der Waals surface area contributed by atoms with E-state index in [1.807, 2.05) is 0 Å². The predicted molar refractivity (Wildman–Crippen MR) is 63.1 cm³/mol. The van der Waals surface area contributed by atoms with Gasteiger partial charge in [-0.25, -0.2) is 4.68 Å². The number of aromatic nitrogens is 2. The molecule has 1 fully saturated rings. The molecule has 0 aliphatic carbocycles. The average Bonchev–Trinajstić information content (AvgIpc) is 2.76. The van der Waals surface area contributed by atoms with Crippen LogP contribution in [0.5, 0.6) is 0 Å². The molecule has 7 heteroatoms. The average molecular weight is 267 g/mol. The van der Waals surface area contributed by atoms with Crippen molar-refractivity contribution in [3.63, 3.8) is 0 Å². The third-order valence-corrected chi connectivity index (χ3v) is 3.00. The SMILES string of the molecule is CC1CN(Cc2ccn(C(F)F)n2)CC1N.Cl. The first-order chi connectivity index (χ1) is 7.56. The Bertz CT molecular complexity index is 348. The van der Waals surface area contributed by atoms with Crippen molar-refractivity contribution in [3.05, 3.63) is 18.0 Å². The minimum absolute atomic E-state index is 0. The predicted octanol–water partition coefficient (Wildman–Crippen LogP) is 1.48. The van der Waals surface area contributed by atoms with E-state index in [0.29, 0.717) is 22.8 Å². The lowest BCUT2D eigenvalue weighted by Gasteiger charge is -2.12. The van der Waals surface area contributed by atoms with Gasteiger partial charge in [0.2, 0.25) is 0 Å². The topological polar surface area (TPSA) is 47.1 Å². The van der Waals surface area contributed by atoms with Crippen LogP contribution in [0.1, 0.15) is 19.2 Å². The molecule has 1 aromatic rings. The summed E-state index contributed by atoms with van der Waals surface area (Å²) in [6.07, 6.45) is 1.30. The molecule has 0 spiro atoms. The van der Waals surface area contributed by atoms with Gasteiger partial charge < -0.3 is 5.73 Å². The minimum Gasteiger partial charge on any atom is -0.326 e. The Balaban J connectivity index is 0.00000144. The van der Waals surface area contributed by atoms with Crippen LogP contribution >= 0.6 is 12.4 Å². The quantitative estimate of drug-likeness (QED) is 0.902. The molecule has 0 bridgehead atoms. The van der Waals surface area contributed by atoms with Crippen LogP contribution in [-0.4, -0.2) is 33.8 Å². The maximum Gasteiger partial charge on any atom is 0.333 e. The lowest BCUT2D eigenvalue weighted by atomic mass is 10.1. The number of alkyl halides is 2. The molecule has 0 radical (unpaired) electrons. The number of hydrogen-bond donors (Lipinski definition) is 1. The van der Waals surface area contributed by atoms with Gasteiger partial charge in [-0.05, 0) is 12.0 Å². The fraction of sp³-hybridized carbons (Fsp3) is 0.700. The third kappa shape index (κ3) is 3.37. The van der Waals surface area contributed by atoms with E-state index in [0.717, 1.165) is 13.1 Å². The summed E-state index contributed by atoms with van der Waals surface area (Å²) in [5, 5.41) is 3.81. The zero-order chi connectivity index (χ0) is 11.7. The molecule has 2 heterocycles. The van der Waals surface area contributed by atoms with E-state index < -0.39 is 6.55 Å². The standard InChI is InChI=1S/C10H16F2N4.ClH/c1-7-4-15(6-9(7)13)5-8-2-3-16(14-8)10(11)12;/h2-3,7,9-10H,4-6,13H2,1H3;1H. The highest BCUT2D eigenvalue weighted by Crippen LogP contribution is 2.17. The van der Waals surface area contributed by atoms with Gasteiger partial charge in [-0.1, -0.05) is 6.92 Å². The van der Waals surface area contributed by atoms with Crippen molar-refractivity contribution in [3.8, 4) is 0 Å². The largest absolute Gasteiger partial charge is 0.333 e. The third-order valence-electron chi connectivity index (χ3n) is 3.00. The summed E-state index contributed by atoms with van der Waals surface area (Å²) in [6.45, 7) is 1.85. The highest BCUT2D eigenvalue weighted by molar-refractivity contribution is 5.85. The van der Waals surface area contributed by atoms with E-state index in [-0.39, 0.29) is 18.4 Å². The van der Waals surface area contributed by atoms with Gasteiger partial charge in [0.05, 0.1) is 5.69 Å². The minimum atomic E-state index is -2.56. The highest BCUT2D eigenvalue weighted by atomic mass is 35.5. The van der Waals surface area contributed by atoms with E-state index in [2.05, 4.69) is 16.9 Å². The van der Waals surface area contributed by atoms with Crippen molar-refractivity contribution in [2.75, 3.05) is 13.1 Å². The van der Waals surface area contributed by atoms with Crippen LogP contribution in [0.3, 0.4) is 0 Å². The first kappa shape index (κ1) is 14.3. The number of halogens is 3. The molecule has 2 unspecified atom stereocenters. The lowest BCUT2D eigenvalue weighted by Crippen LogP contribution is -2.28. The summed E-state index contributed by atoms with van der Waals surface area (Å²) in [6, 6.07) is 1.80. The van der Waals surface area contributed by atoms with Gasteiger partial charge in [-0.2, -0.15) is 13.9 Å². The summed E-state index contributed by atoms with van der Waals surface area (Å²) in [5.74, 6) is 0.456. The molecule has 98 valence electrons. The Labute approximate surface area is 105 Å². The molecule has 17 heavy (non-hydrogen) atoms. The Hall–Kier alpha value is -0.720. The van der Waals surface area contributed by atoms with E-state index >= 15 is 0 Å². The van der Waals surface area contributed by atoms with Gasteiger partial charge >= 0.3 is 6.55 Å². The highest BCUT2D eigenvalue weighted by Gasteiger charge is 2.26. The van der Waals surface area contributed by atoms with Gasteiger partial charge in [-0.15, -0.1) is 12.4 Å². The van der Waals surface area contributed by atoms with E-state index in [4.69, 9.17) is 5.73 Å². The zero-order valence-corrected chi connectivity index (χ0v) is 10.4. The van der Waals surface area contributed by atoms with Gasteiger partial charge in [-0.3, -0.25) is 4.90 Å². The molecule has 0 saturated carbocycles. The Morgan fingerprint density at radius 2 is 2.24 bits per heavy atom. The first-order valence-electron chi connectivity index (χ1n) is 5.36. The van der Waals surface area contributed by atoms with Crippen molar-refractivity contribution in [1.29, 1.82) is 0 Å². The summed E-state index contributed by atoms with van der Waals surface area (Å²) in [4.78, 5) is 2.15. The second-order valence-electron chi connectivity index (χ2n) is 4.40. The molecule has 2 atom stereocenters. The van der Waals surface area contributed by atoms with Crippen LogP contribution in [0.25, 0.3) is 0 Å². The maximum absolute atomic E-state index is 12.3. The fourth-order valence-electron chi connectivity index (χ4n) is 2.02. The number of nitrogens with zero attached hydrogens (tertiary/aromatic N) is 3. The number of rotatable bonds is 3.